The van der Waals surface area contributed by atoms with Gasteiger partial charge in [-0.05, 0) is 37.3 Å². The zero-order chi connectivity index (χ0) is 15.5. The first-order chi connectivity index (χ1) is 10.7. The van der Waals surface area contributed by atoms with Gasteiger partial charge in [-0.1, -0.05) is 6.07 Å². The van der Waals surface area contributed by atoms with E-state index in [-0.39, 0.29) is 11.7 Å². The van der Waals surface area contributed by atoms with Crippen LogP contribution in [0.1, 0.15) is 6.92 Å². The smallest absolute Gasteiger partial charge is 0.393 e. The molecule has 2 aromatic heterocycles. The van der Waals surface area contributed by atoms with Crippen molar-refractivity contribution in [2.24, 2.45) is 0 Å². The van der Waals surface area contributed by atoms with Crippen molar-refractivity contribution in [3.05, 3.63) is 54.5 Å². The van der Waals surface area contributed by atoms with Crippen molar-refractivity contribution in [2.75, 3.05) is 6.54 Å². The highest BCUT2D eigenvalue weighted by molar-refractivity contribution is 5.82. The van der Waals surface area contributed by atoms with Crippen LogP contribution in [0.2, 0.25) is 0 Å². The number of hydrogen-bond donors (Lipinski definition) is 1. The number of halogens is 1. The van der Waals surface area contributed by atoms with E-state index in [1.54, 1.807) is 42.0 Å². The maximum Gasteiger partial charge on any atom is 0.413 e. The van der Waals surface area contributed by atoms with Gasteiger partial charge in [0.25, 0.3) is 0 Å². The zero-order valence-corrected chi connectivity index (χ0v) is 11.9. The molecular weight excluding hydrogens is 285 g/mol. The van der Waals surface area contributed by atoms with Gasteiger partial charge in [0.15, 0.2) is 0 Å². The first-order valence-electron chi connectivity index (χ1n) is 6.87. The molecule has 0 aliphatic carbocycles. The van der Waals surface area contributed by atoms with Gasteiger partial charge in [0.2, 0.25) is 5.88 Å². The van der Waals surface area contributed by atoms with E-state index in [9.17, 15) is 9.18 Å². The number of rotatable bonds is 3. The Labute approximate surface area is 126 Å². The summed E-state index contributed by atoms with van der Waals surface area (Å²) < 4.78 is 20.4. The summed E-state index contributed by atoms with van der Waals surface area (Å²) in [4.78, 5) is 16.0. The Morgan fingerprint density at radius 3 is 2.95 bits per heavy atom. The van der Waals surface area contributed by atoms with E-state index >= 15 is 0 Å². The van der Waals surface area contributed by atoms with Crippen molar-refractivity contribution in [1.82, 2.24) is 14.9 Å². The lowest BCUT2D eigenvalue weighted by Crippen LogP contribution is -2.27. The number of nitrogens with one attached hydrogen (secondary N) is 1. The van der Waals surface area contributed by atoms with Gasteiger partial charge >= 0.3 is 6.09 Å². The molecule has 1 N–H and O–H groups in total. The second kappa shape index (κ2) is 5.85. The van der Waals surface area contributed by atoms with Crippen LogP contribution in [0.5, 0.6) is 5.88 Å². The highest BCUT2D eigenvalue weighted by Gasteiger charge is 2.15. The maximum atomic E-state index is 13.5. The predicted octanol–water partition coefficient (Wildman–Crippen LogP) is 3.27. The summed E-state index contributed by atoms with van der Waals surface area (Å²) in [7, 11) is 0. The van der Waals surface area contributed by atoms with E-state index in [0.717, 1.165) is 5.39 Å². The monoisotopic (exact) mass is 299 g/mol. The summed E-state index contributed by atoms with van der Waals surface area (Å²) in [5.74, 6) is -0.0931. The molecule has 0 atom stereocenters. The van der Waals surface area contributed by atoms with Crippen LogP contribution in [0.4, 0.5) is 9.18 Å². The maximum absolute atomic E-state index is 13.5. The normalized spacial score (nSPS) is 10.6. The van der Waals surface area contributed by atoms with E-state index in [1.807, 2.05) is 6.07 Å². The third-order valence-electron chi connectivity index (χ3n) is 3.11. The molecule has 22 heavy (non-hydrogen) atoms. The van der Waals surface area contributed by atoms with E-state index in [0.29, 0.717) is 17.9 Å². The number of carbonyl (C=O) groups excluding carboxylic acids is 1. The van der Waals surface area contributed by atoms with E-state index in [2.05, 4.69) is 10.3 Å². The molecule has 6 heteroatoms. The standard InChI is InChI=1S/C16H14FN3O2/c1-2-18-16(21)22-14-9-11-5-4-8-19-15(11)20(14)13-7-3-6-12(17)10-13/h3-10H,2H2,1H3,(H,18,21). The average molecular weight is 299 g/mol. The van der Waals surface area contributed by atoms with Gasteiger partial charge < -0.3 is 10.1 Å². The Hall–Kier alpha value is -2.89. The molecule has 1 aromatic carbocycles. The summed E-state index contributed by atoms with van der Waals surface area (Å²) >= 11 is 0. The molecule has 1 amide bonds. The zero-order valence-electron chi connectivity index (χ0n) is 11.9. The summed E-state index contributed by atoms with van der Waals surface area (Å²) in [5.41, 5.74) is 1.13. The molecule has 0 aliphatic rings. The first kappa shape index (κ1) is 14.1. The van der Waals surface area contributed by atoms with Crippen molar-refractivity contribution < 1.29 is 13.9 Å². The number of pyridine rings is 1. The molecular formula is C16H14FN3O2. The van der Waals surface area contributed by atoms with Gasteiger partial charge in [0.05, 0.1) is 5.69 Å². The van der Waals surface area contributed by atoms with Crippen LogP contribution in [0.15, 0.2) is 48.7 Å². The number of nitrogens with zero attached hydrogens (tertiary/aromatic N) is 2. The second-order valence-corrected chi connectivity index (χ2v) is 4.63. The molecule has 0 aliphatic heterocycles. The van der Waals surface area contributed by atoms with Crippen LogP contribution >= 0.6 is 0 Å². The number of hydrogen-bond acceptors (Lipinski definition) is 3. The highest BCUT2D eigenvalue weighted by atomic mass is 19.1. The van der Waals surface area contributed by atoms with Crippen molar-refractivity contribution in [3.63, 3.8) is 0 Å². The minimum absolute atomic E-state index is 0.283. The second-order valence-electron chi connectivity index (χ2n) is 4.63. The van der Waals surface area contributed by atoms with Gasteiger partial charge in [0, 0.05) is 24.2 Å². The average Bonchev–Trinajstić information content (AvgIpc) is 2.85. The van der Waals surface area contributed by atoms with Gasteiger partial charge in [-0.3, -0.25) is 4.57 Å². The third kappa shape index (κ3) is 2.63. The summed E-state index contributed by atoms with van der Waals surface area (Å²) in [6.07, 6.45) is 1.07. The molecule has 112 valence electrons. The van der Waals surface area contributed by atoms with Crippen LogP contribution in [-0.2, 0) is 0 Å². The van der Waals surface area contributed by atoms with Crippen LogP contribution in [0.3, 0.4) is 0 Å². The van der Waals surface area contributed by atoms with Crippen LogP contribution in [0, 0.1) is 5.82 Å². The fraction of sp³-hybridized carbons (Fsp3) is 0.125. The van der Waals surface area contributed by atoms with Gasteiger partial charge in [-0.2, -0.15) is 0 Å². The fourth-order valence-electron chi connectivity index (χ4n) is 2.23. The summed E-state index contributed by atoms with van der Waals surface area (Å²) in [6, 6.07) is 11.4. The molecule has 3 rings (SSSR count). The Kier molecular flexibility index (Phi) is 3.74. The molecule has 0 saturated heterocycles. The van der Waals surface area contributed by atoms with E-state index in [1.165, 1.54) is 12.1 Å². The lowest BCUT2D eigenvalue weighted by Gasteiger charge is -2.10. The van der Waals surface area contributed by atoms with E-state index in [4.69, 9.17) is 4.74 Å². The topological polar surface area (TPSA) is 56.1 Å². The summed E-state index contributed by atoms with van der Waals surface area (Å²) in [5, 5.41) is 3.36. The van der Waals surface area contributed by atoms with Crippen molar-refractivity contribution in [3.8, 4) is 11.6 Å². The highest BCUT2D eigenvalue weighted by Crippen LogP contribution is 2.28. The number of aromatic nitrogens is 2. The molecule has 3 aromatic rings. The van der Waals surface area contributed by atoms with Crippen LogP contribution in [0.25, 0.3) is 16.7 Å². The minimum Gasteiger partial charge on any atom is -0.393 e. The summed E-state index contributed by atoms with van der Waals surface area (Å²) in [6.45, 7) is 2.25. The third-order valence-corrected chi connectivity index (χ3v) is 3.11. The molecule has 0 spiro atoms. The molecule has 0 radical (unpaired) electrons. The van der Waals surface area contributed by atoms with E-state index < -0.39 is 6.09 Å². The van der Waals surface area contributed by atoms with Crippen molar-refractivity contribution >= 4 is 17.1 Å². The van der Waals surface area contributed by atoms with Crippen molar-refractivity contribution in [1.29, 1.82) is 0 Å². The lowest BCUT2D eigenvalue weighted by atomic mass is 10.3. The molecule has 0 fully saturated rings. The number of carbonyl (C=O) groups is 1. The number of fused-ring (bicyclic) bond motifs is 1. The fourth-order valence-corrected chi connectivity index (χ4v) is 2.23. The van der Waals surface area contributed by atoms with Crippen LogP contribution < -0.4 is 10.1 Å². The first-order valence-corrected chi connectivity index (χ1v) is 6.87. The largest absolute Gasteiger partial charge is 0.413 e. The lowest BCUT2D eigenvalue weighted by molar-refractivity contribution is 0.198. The van der Waals surface area contributed by atoms with Gasteiger partial charge in [0.1, 0.15) is 11.5 Å². The number of ether oxygens (including phenoxy) is 1. The molecule has 5 nitrogen and oxygen atoms in total. The SMILES string of the molecule is CCNC(=O)Oc1cc2cccnc2n1-c1cccc(F)c1. The van der Waals surface area contributed by atoms with Gasteiger partial charge in [-0.25, -0.2) is 14.2 Å². The molecule has 2 heterocycles. The number of amides is 1. The van der Waals surface area contributed by atoms with Crippen molar-refractivity contribution in [2.45, 2.75) is 6.92 Å². The number of benzene rings is 1. The molecule has 0 bridgehead atoms. The molecule has 0 saturated carbocycles. The van der Waals surface area contributed by atoms with Crippen LogP contribution in [-0.4, -0.2) is 22.2 Å². The van der Waals surface area contributed by atoms with Gasteiger partial charge in [-0.15, -0.1) is 0 Å². The Balaban J connectivity index is 2.15. The Morgan fingerprint density at radius 1 is 1.32 bits per heavy atom. The minimum atomic E-state index is -0.567. The Morgan fingerprint density at radius 2 is 2.18 bits per heavy atom. The Bertz CT molecular complexity index is 829. The quantitative estimate of drug-likeness (QED) is 0.807. The predicted molar refractivity (Wildman–Crippen MR) is 80.7 cm³/mol. The molecule has 0 unspecified atom stereocenters.